The van der Waals surface area contributed by atoms with Crippen molar-refractivity contribution in [3.05, 3.63) is 29.8 Å². The van der Waals surface area contributed by atoms with E-state index in [2.05, 4.69) is 17.6 Å². The van der Waals surface area contributed by atoms with Crippen molar-refractivity contribution < 1.29 is 9.59 Å². The third kappa shape index (κ3) is 4.89. The molecule has 2 aliphatic rings. The Morgan fingerprint density at radius 3 is 2.81 bits per heavy atom. The van der Waals surface area contributed by atoms with Crippen LogP contribution in [0.25, 0.3) is 0 Å². The van der Waals surface area contributed by atoms with Crippen molar-refractivity contribution in [3.8, 4) is 0 Å². The number of anilines is 1. The molecule has 6 nitrogen and oxygen atoms in total. The van der Waals surface area contributed by atoms with Gasteiger partial charge in [-0.25, -0.2) is 4.79 Å². The van der Waals surface area contributed by atoms with Crippen molar-refractivity contribution in [2.45, 2.75) is 32.7 Å². The first kappa shape index (κ1) is 20.5. The second-order valence-electron chi connectivity index (χ2n) is 7.17. The van der Waals surface area contributed by atoms with Gasteiger partial charge in [0.2, 0.25) is 5.91 Å². The van der Waals surface area contributed by atoms with Gasteiger partial charge < -0.3 is 20.4 Å². The normalized spacial score (nSPS) is 23.2. The van der Waals surface area contributed by atoms with Gasteiger partial charge in [-0.15, -0.1) is 12.4 Å². The number of amides is 3. The van der Waals surface area contributed by atoms with Gasteiger partial charge in [-0.1, -0.05) is 12.1 Å². The average molecular weight is 381 g/mol. The fraction of sp³-hybridized carbons (Fsp3) is 0.579. The van der Waals surface area contributed by atoms with E-state index < -0.39 is 0 Å². The molecular formula is C19H29ClN4O2. The molecule has 0 bridgehead atoms. The zero-order valence-electron chi connectivity index (χ0n) is 15.5. The van der Waals surface area contributed by atoms with Crippen LogP contribution in [0, 0.1) is 12.8 Å². The number of rotatable bonds is 2. The van der Waals surface area contributed by atoms with Gasteiger partial charge in [-0.05, 0) is 44.4 Å². The molecule has 26 heavy (non-hydrogen) atoms. The quantitative estimate of drug-likeness (QED) is 0.828. The molecule has 144 valence electrons. The lowest BCUT2D eigenvalue weighted by Gasteiger charge is -2.39. The Balaban J connectivity index is 0.00000243. The number of halogens is 1. The first-order valence-corrected chi connectivity index (χ1v) is 9.18. The monoisotopic (exact) mass is 380 g/mol. The molecule has 0 aliphatic carbocycles. The van der Waals surface area contributed by atoms with Crippen molar-refractivity contribution in [1.29, 1.82) is 0 Å². The maximum absolute atomic E-state index is 12.9. The number of benzene rings is 1. The third-order valence-electron chi connectivity index (χ3n) is 5.11. The van der Waals surface area contributed by atoms with Gasteiger partial charge >= 0.3 is 6.03 Å². The molecule has 3 rings (SSSR count). The van der Waals surface area contributed by atoms with Gasteiger partial charge in [0.05, 0.1) is 5.92 Å². The SMILES string of the molecule is Cc1cccc(NC(=O)N2CCCC(C(=O)N3CCNCC3C)C2)c1.Cl. The maximum Gasteiger partial charge on any atom is 0.321 e. The topological polar surface area (TPSA) is 64.7 Å². The minimum Gasteiger partial charge on any atom is -0.337 e. The predicted octanol–water partition coefficient (Wildman–Crippen LogP) is 2.48. The van der Waals surface area contributed by atoms with Crippen molar-refractivity contribution in [3.63, 3.8) is 0 Å². The molecule has 1 aromatic carbocycles. The molecule has 2 saturated heterocycles. The number of piperidine rings is 1. The summed E-state index contributed by atoms with van der Waals surface area (Å²) in [6, 6.07) is 7.88. The van der Waals surface area contributed by atoms with Crippen LogP contribution in [-0.2, 0) is 4.79 Å². The fourth-order valence-electron chi connectivity index (χ4n) is 3.69. The largest absolute Gasteiger partial charge is 0.337 e. The number of aryl methyl sites for hydroxylation is 1. The number of carbonyl (C=O) groups excluding carboxylic acids is 2. The Labute approximate surface area is 161 Å². The summed E-state index contributed by atoms with van der Waals surface area (Å²) in [4.78, 5) is 29.2. The van der Waals surface area contributed by atoms with E-state index in [1.54, 1.807) is 4.90 Å². The summed E-state index contributed by atoms with van der Waals surface area (Å²) in [6.45, 7) is 7.74. The number of hydrogen-bond donors (Lipinski definition) is 2. The lowest BCUT2D eigenvalue weighted by atomic mass is 9.95. The first-order valence-electron chi connectivity index (χ1n) is 9.18. The van der Waals surface area contributed by atoms with Gasteiger partial charge in [-0.2, -0.15) is 0 Å². The van der Waals surface area contributed by atoms with E-state index in [9.17, 15) is 9.59 Å². The zero-order valence-corrected chi connectivity index (χ0v) is 16.3. The Morgan fingerprint density at radius 2 is 2.08 bits per heavy atom. The molecule has 2 N–H and O–H groups in total. The molecule has 0 aromatic heterocycles. The molecule has 3 amide bonds. The number of urea groups is 1. The highest BCUT2D eigenvalue weighted by Gasteiger charge is 2.33. The number of nitrogens with zero attached hydrogens (tertiary/aromatic N) is 2. The Hall–Kier alpha value is -1.79. The molecule has 2 unspecified atom stereocenters. The Kier molecular flexibility index (Phi) is 7.29. The minimum absolute atomic E-state index is 0. The van der Waals surface area contributed by atoms with Gasteiger partial charge in [0.25, 0.3) is 0 Å². The summed E-state index contributed by atoms with van der Waals surface area (Å²) in [5.74, 6) is 0.111. The van der Waals surface area contributed by atoms with E-state index in [1.165, 1.54) is 0 Å². The number of likely N-dealkylation sites (tertiary alicyclic amines) is 1. The van der Waals surface area contributed by atoms with Gasteiger partial charge in [-0.3, -0.25) is 4.79 Å². The molecule has 0 spiro atoms. The summed E-state index contributed by atoms with van der Waals surface area (Å²) < 4.78 is 0. The number of nitrogens with one attached hydrogen (secondary N) is 2. The highest BCUT2D eigenvalue weighted by Crippen LogP contribution is 2.21. The average Bonchev–Trinajstić information content (AvgIpc) is 2.62. The lowest BCUT2D eigenvalue weighted by Crippen LogP contribution is -2.56. The van der Waals surface area contributed by atoms with Crippen LogP contribution in [0.4, 0.5) is 10.5 Å². The second-order valence-corrected chi connectivity index (χ2v) is 7.17. The lowest BCUT2D eigenvalue weighted by molar-refractivity contribution is -0.139. The minimum atomic E-state index is -0.114. The molecular weight excluding hydrogens is 352 g/mol. The van der Waals surface area contributed by atoms with Crippen LogP contribution < -0.4 is 10.6 Å². The molecule has 2 atom stereocenters. The number of piperazine rings is 1. The van der Waals surface area contributed by atoms with E-state index in [0.29, 0.717) is 13.1 Å². The van der Waals surface area contributed by atoms with E-state index in [-0.39, 0.29) is 36.3 Å². The molecule has 1 aromatic rings. The molecule has 7 heteroatoms. The van der Waals surface area contributed by atoms with Crippen molar-refractivity contribution in [1.82, 2.24) is 15.1 Å². The summed E-state index contributed by atoms with van der Waals surface area (Å²) in [5.41, 5.74) is 1.91. The van der Waals surface area contributed by atoms with E-state index >= 15 is 0 Å². The van der Waals surface area contributed by atoms with Crippen LogP contribution in [0.15, 0.2) is 24.3 Å². The molecule has 0 radical (unpaired) electrons. The second kappa shape index (κ2) is 9.24. The summed E-state index contributed by atoms with van der Waals surface area (Å²) >= 11 is 0. The highest BCUT2D eigenvalue weighted by atomic mass is 35.5. The van der Waals surface area contributed by atoms with Gasteiger partial charge in [0.15, 0.2) is 0 Å². The van der Waals surface area contributed by atoms with Crippen LogP contribution in [0.2, 0.25) is 0 Å². The smallest absolute Gasteiger partial charge is 0.321 e. The van der Waals surface area contributed by atoms with Gasteiger partial charge in [0.1, 0.15) is 0 Å². The molecule has 0 saturated carbocycles. The van der Waals surface area contributed by atoms with Crippen LogP contribution in [0.1, 0.15) is 25.3 Å². The van der Waals surface area contributed by atoms with E-state index in [0.717, 1.165) is 43.7 Å². The van der Waals surface area contributed by atoms with E-state index in [1.807, 2.05) is 36.1 Å². The van der Waals surface area contributed by atoms with Crippen LogP contribution in [0.5, 0.6) is 0 Å². The van der Waals surface area contributed by atoms with Gasteiger partial charge in [0, 0.05) is 44.5 Å². The van der Waals surface area contributed by atoms with E-state index in [4.69, 9.17) is 0 Å². The fourth-order valence-corrected chi connectivity index (χ4v) is 3.69. The standard InChI is InChI=1S/C19H28N4O2.ClH/c1-14-5-3-7-17(11-14)21-19(25)22-9-4-6-16(13-22)18(24)23-10-8-20-12-15(23)2;/h3,5,7,11,15-16,20H,4,6,8-10,12-13H2,1-2H3,(H,21,25);1H. The predicted molar refractivity (Wildman–Crippen MR) is 106 cm³/mol. The Bertz CT molecular complexity index is 640. The zero-order chi connectivity index (χ0) is 17.8. The van der Waals surface area contributed by atoms with Crippen LogP contribution >= 0.6 is 12.4 Å². The van der Waals surface area contributed by atoms with Crippen molar-refractivity contribution >= 4 is 30.0 Å². The molecule has 2 heterocycles. The summed E-state index contributed by atoms with van der Waals surface area (Å²) in [6.07, 6.45) is 1.74. The number of carbonyl (C=O) groups is 2. The molecule has 2 aliphatic heterocycles. The summed E-state index contributed by atoms with van der Waals surface area (Å²) in [5, 5.41) is 6.27. The van der Waals surface area contributed by atoms with Crippen molar-refractivity contribution in [2.75, 3.05) is 38.0 Å². The third-order valence-corrected chi connectivity index (χ3v) is 5.11. The maximum atomic E-state index is 12.9. The number of hydrogen-bond acceptors (Lipinski definition) is 3. The van der Waals surface area contributed by atoms with Crippen LogP contribution in [-0.4, -0.2) is 60.5 Å². The highest BCUT2D eigenvalue weighted by molar-refractivity contribution is 5.90. The Morgan fingerprint density at radius 1 is 1.27 bits per heavy atom. The first-order chi connectivity index (χ1) is 12.0. The van der Waals surface area contributed by atoms with Crippen LogP contribution in [0.3, 0.4) is 0 Å². The summed E-state index contributed by atoms with van der Waals surface area (Å²) in [7, 11) is 0. The van der Waals surface area contributed by atoms with Crippen molar-refractivity contribution in [2.24, 2.45) is 5.92 Å². The molecule has 2 fully saturated rings.